The minimum atomic E-state index is -3.71. The maximum absolute atomic E-state index is 12.3. The minimum Gasteiger partial charge on any atom is -0.287 e. The van der Waals surface area contributed by atoms with Crippen molar-refractivity contribution in [3.8, 4) is 11.1 Å². The van der Waals surface area contributed by atoms with E-state index in [0.29, 0.717) is 11.4 Å². The zero-order chi connectivity index (χ0) is 20.9. The number of carbonyl (C=O) groups excluding carboxylic acids is 1. The molecule has 0 amide bonds. The maximum Gasteiger partial charge on any atom is 0.238 e. The molecule has 0 aliphatic heterocycles. The molecule has 0 bridgehead atoms. The summed E-state index contributed by atoms with van der Waals surface area (Å²) >= 11 is 7.20. The summed E-state index contributed by atoms with van der Waals surface area (Å²) in [5.74, 6) is 0. The highest BCUT2D eigenvalue weighted by atomic mass is 35.5. The van der Waals surface area contributed by atoms with Crippen LogP contribution in [0.25, 0.3) is 11.1 Å². The molecule has 150 valence electrons. The summed E-state index contributed by atoms with van der Waals surface area (Å²) in [6.07, 6.45) is 2.05. The SMILES string of the molecule is NS(=O)(=O)c1ccc(-c2cccc(SC(=O)CCCc3cccc(Cl)c3)c2)cc1. The lowest BCUT2D eigenvalue weighted by Crippen LogP contribution is -2.11. The molecule has 4 nitrogen and oxygen atoms in total. The molecule has 0 fully saturated rings. The molecule has 3 rings (SSSR count). The molecule has 0 heterocycles. The van der Waals surface area contributed by atoms with Crippen molar-refractivity contribution in [1.29, 1.82) is 0 Å². The van der Waals surface area contributed by atoms with Crippen LogP contribution in [0.5, 0.6) is 0 Å². The number of rotatable bonds is 7. The topological polar surface area (TPSA) is 77.2 Å². The van der Waals surface area contributed by atoms with Gasteiger partial charge in [0.2, 0.25) is 10.0 Å². The first-order chi connectivity index (χ1) is 13.8. The standard InChI is InChI=1S/C22H20ClNO3S2/c23-19-7-1-4-16(14-19)5-2-9-22(25)28-20-8-3-6-18(15-20)17-10-12-21(13-11-17)29(24,26)27/h1,3-4,6-8,10-15H,2,5,9H2,(H2,24,26,27). The van der Waals surface area contributed by atoms with Gasteiger partial charge in [0, 0.05) is 16.3 Å². The molecule has 0 radical (unpaired) electrons. The molecular weight excluding hydrogens is 426 g/mol. The van der Waals surface area contributed by atoms with Crippen LogP contribution in [0.3, 0.4) is 0 Å². The fraction of sp³-hybridized carbons (Fsp3) is 0.136. The van der Waals surface area contributed by atoms with Gasteiger partial charge in [-0.05, 0) is 65.9 Å². The number of benzene rings is 3. The quantitative estimate of drug-likeness (QED) is 0.501. The van der Waals surface area contributed by atoms with Crippen molar-refractivity contribution in [2.24, 2.45) is 5.14 Å². The lowest BCUT2D eigenvalue weighted by Gasteiger charge is -2.06. The first kappa shape index (κ1) is 21.6. The summed E-state index contributed by atoms with van der Waals surface area (Å²) in [6, 6.07) is 21.6. The average Bonchev–Trinajstić information content (AvgIpc) is 2.68. The summed E-state index contributed by atoms with van der Waals surface area (Å²) in [4.78, 5) is 13.3. The number of hydrogen-bond acceptors (Lipinski definition) is 4. The van der Waals surface area contributed by atoms with E-state index in [4.69, 9.17) is 16.7 Å². The van der Waals surface area contributed by atoms with Crippen LogP contribution in [-0.2, 0) is 21.2 Å². The van der Waals surface area contributed by atoms with Crippen LogP contribution < -0.4 is 5.14 Å². The lowest BCUT2D eigenvalue weighted by atomic mass is 10.1. The predicted molar refractivity (Wildman–Crippen MR) is 119 cm³/mol. The van der Waals surface area contributed by atoms with E-state index in [-0.39, 0.29) is 10.0 Å². The Kier molecular flexibility index (Phi) is 7.14. The molecule has 3 aromatic rings. The van der Waals surface area contributed by atoms with Crippen molar-refractivity contribution < 1.29 is 13.2 Å². The molecule has 0 aliphatic rings. The van der Waals surface area contributed by atoms with Gasteiger partial charge in [-0.15, -0.1) is 0 Å². The van der Waals surface area contributed by atoms with Crippen molar-refractivity contribution in [3.63, 3.8) is 0 Å². The highest BCUT2D eigenvalue weighted by Crippen LogP contribution is 2.28. The highest BCUT2D eigenvalue weighted by Gasteiger charge is 2.09. The fourth-order valence-electron chi connectivity index (χ4n) is 2.89. The van der Waals surface area contributed by atoms with Gasteiger partial charge in [0.15, 0.2) is 5.12 Å². The Balaban J connectivity index is 1.60. The van der Waals surface area contributed by atoms with Gasteiger partial charge in [0.05, 0.1) is 4.90 Å². The molecule has 0 aromatic heterocycles. The van der Waals surface area contributed by atoms with E-state index in [1.54, 1.807) is 12.1 Å². The summed E-state index contributed by atoms with van der Waals surface area (Å²) in [5, 5.41) is 5.94. The largest absolute Gasteiger partial charge is 0.287 e. The Morgan fingerprint density at radius 3 is 2.34 bits per heavy atom. The molecule has 0 spiro atoms. The second-order valence-corrected chi connectivity index (χ2v) is 9.68. The number of sulfonamides is 1. The molecule has 0 atom stereocenters. The van der Waals surface area contributed by atoms with E-state index in [1.165, 1.54) is 23.9 Å². The van der Waals surface area contributed by atoms with E-state index in [1.807, 2.05) is 48.5 Å². The number of primary sulfonamides is 1. The zero-order valence-corrected chi connectivity index (χ0v) is 17.9. The Morgan fingerprint density at radius 1 is 0.931 bits per heavy atom. The second-order valence-electron chi connectivity index (χ2n) is 6.55. The fourth-order valence-corrected chi connectivity index (χ4v) is 4.46. The smallest absolute Gasteiger partial charge is 0.238 e. The summed E-state index contributed by atoms with van der Waals surface area (Å²) in [7, 11) is -3.71. The van der Waals surface area contributed by atoms with Gasteiger partial charge in [-0.3, -0.25) is 4.79 Å². The Hall–Kier alpha value is -2.12. The lowest BCUT2D eigenvalue weighted by molar-refractivity contribution is -0.111. The van der Waals surface area contributed by atoms with Crippen LogP contribution in [0, 0.1) is 0 Å². The number of aryl methyl sites for hydroxylation is 1. The maximum atomic E-state index is 12.3. The van der Waals surface area contributed by atoms with Gasteiger partial charge in [0.1, 0.15) is 0 Å². The summed E-state index contributed by atoms with van der Waals surface area (Å²) < 4.78 is 22.8. The third kappa shape index (κ3) is 6.44. The van der Waals surface area contributed by atoms with Crippen LogP contribution in [0.4, 0.5) is 0 Å². The number of carbonyl (C=O) groups is 1. The minimum absolute atomic E-state index is 0.0710. The van der Waals surface area contributed by atoms with E-state index in [9.17, 15) is 13.2 Å². The molecule has 7 heteroatoms. The van der Waals surface area contributed by atoms with Crippen LogP contribution in [0.1, 0.15) is 18.4 Å². The zero-order valence-electron chi connectivity index (χ0n) is 15.5. The third-order valence-electron chi connectivity index (χ3n) is 4.32. The molecule has 0 saturated carbocycles. The predicted octanol–water partition coefficient (Wildman–Crippen LogP) is 5.30. The van der Waals surface area contributed by atoms with Crippen LogP contribution in [0.2, 0.25) is 5.02 Å². The molecule has 3 aromatic carbocycles. The van der Waals surface area contributed by atoms with Crippen molar-refractivity contribution in [3.05, 3.63) is 83.4 Å². The third-order valence-corrected chi connectivity index (χ3v) is 6.40. The molecule has 0 unspecified atom stereocenters. The van der Waals surface area contributed by atoms with Crippen molar-refractivity contribution in [2.45, 2.75) is 29.1 Å². The Morgan fingerprint density at radius 2 is 1.66 bits per heavy atom. The number of halogens is 1. The first-order valence-electron chi connectivity index (χ1n) is 9.00. The number of thioether (sulfide) groups is 1. The van der Waals surface area contributed by atoms with Crippen molar-refractivity contribution >= 4 is 38.5 Å². The average molecular weight is 446 g/mol. The van der Waals surface area contributed by atoms with Crippen LogP contribution in [-0.4, -0.2) is 13.5 Å². The van der Waals surface area contributed by atoms with Gasteiger partial charge in [-0.25, -0.2) is 13.6 Å². The van der Waals surface area contributed by atoms with Gasteiger partial charge in [0.25, 0.3) is 0 Å². The normalized spacial score (nSPS) is 11.4. The molecule has 2 N–H and O–H groups in total. The van der Waals surface area contributed by atoms with Crippen LogP contribution in [0.15, 0.2) is 82.6 Å². The second kappa shape index (κ2) is 9.59. The molecule has 29 heavy (non-hydrogen) atoms. The van der Waals surface area contributed by atoms with Crippen molar-refractivity contribution in [1.82, 2.24) is 0 Å². The summed E-state index contributed by atoms with van der Waals surface area (Å²) in [6.45, 7) is 0. The summed E-state index contributed by atoms with van der Waals surface area (Å²) in [5.41, 5.74) is 2.89. The van der Waals surface area contributed by atoms with Crippen LogP contribution >= 0.6 is 23.4 Å². The molecule has 0 saturated heterocycles. The molecular formula is C22H20ClNO3S2. The number of nitrogens with two attached hydrogens (primary N) is 1. The first-order valence-corrected chi connectivity index (χ1v) is 11.7. The van der Waals surface area contributed by atoms with Gasteiger partial charge in [-0.2, -0.15) is 0 Å². The van der Waals surface area contributed by atoms with Crippen molar-refractivity contribution in [2.75, 3.05) is 0 Å². The van der Waals surface area contributed by atoms with E-state index in [0.717, 1.165) is 34.4 Å². The molecule has 0 aliphatic carbocycles. The van der Waals surface area contributed by atoms with E-state index in [2.05, 4.69) is 0 Å². The van der Waals surface area contributed by atoms with Gasteiger partial charge in [-0.1, -0.05) is 59.8 Å². The van der Waals surface area contributed by atoms with Gasteiger partial charge < -0.3 is 0 Å². The Labute approximate surface area is 180 Å². The Bertz CT molecular complexity index is 1110. The van der Waals surface area contributed by atoms with E-state index >= 15 is 0 Å². The number of hydrogen-bond donors (Lipinski definition) is 1. The van der Waals surface area contributed by atoms with E-state index < -0.39 is 10.0 Å². The highest BCUT2D eigenvalue weighted by molar-refractivity contribution is 8.13. The monoisotopic (exact) mass is 445 g/mol. The van der Waals surface area contributed by atoms with Gasteiger partial charge >= 0.3 is 0 Å².